The number of aliphatic carboxylic acids is 4. The topological polar surface area (TPSA) is 309 Å². The van der Waals surface area contributed by atoms with Crippen molar-refractivity contribution in [2.75, 3.05) is 0 Å². The molecule has 5 amide bonds. The van der Waals surface area contributed by atoms with Gasteiger partial charge in [0.1, 0.15) is 18.1 Å². The summed E-state index contributed by atoms with van der Waals surface area (Å²) in [4.78, 5) is 104. The number of carbonyl (C=O) groups excluding carboxylic acids is 5. The van der Waals surface area contributed by atoms with Gasteiger partial charge in [-0.05, 0) is 25.7 Å². The summed E-state index contributed by atoms with van der Waals surface area (Å²) in [5, 5.41) is 45.5. The lowest BCUT2D eigenvalue weighted by molar-refractivity contribution is -0.143. The quantitative estimate of drug-likeness (QED) is 0.0658. The third-order valence-electron chi connectivity index (χ3n) is 5.45. The van der Waals surface area contributed by atoms with E-state index in [9.17, 15) is 48.3 Å². The van der Waals surface area contributed by atoms with E-state index in [4.69, 9.17) is 21.1 Å². The van der Waals surface area contributed by atoms with Gasteiger partial charge in [-0.2, -0.15) is 0 Å². The molecule has 4 atom stereocenters. The van der Waals surface area contributed by atoms with Crippen LogP contribution in [-0.2, 0) is 43.2 Å². The minimum atomic E-state index is -1.55. The van der Waals surface area contributed by atoms with Gasteiger partial charge in [0.25, 0.3) is 0 Å². The number of primary amides is 1. The maximum absolute atomic E-state index is 12.4. The molecule has 0 heterocycles. The van der Waals surface area contributed by atoms with E-state index in [1.807, 2.05) is 0 Å². The second kappa shape index (κ2) is 18.5. The van der Waals surface area contributed by atoms with Crippen LogP contribution in [0.25, 0.3) is 0 Å². The van der Waals surface area contributed by atoms with E-state index in [0.717, 1.165) is 6.92 Å². The fraction of sp³-hybridized carbons (Fsp3) is 0.609. The molecule has 18 heteroatoms. The van der Waals surface area contributed by atoms with Crippen LogP contribution in [0, 0.1) is 0 Å². The first kappa shape index (κ1) is 36.2. The number of hydrogen-bond acceptors (Lipinski definition) is 9. The Morgan fingerprint density at radius 1 is 0.561 bits per heavy atom. The Morgan fingerprint density at radius 2 is 0.927 bits per heavy atom. The second-order valence-corrected chi connectivity index (χ2v) is 8.99. The summed E-state index contributed by atoms with van der Waals surface area (Å²) in [6, 6.07) is -5.41. The lowest BCUT2D eigenvalue weighted by atomic mass is 10.1. The van der Waals surface area contributed by atoms with Crippen molar-refractivity contribution in [1.29, 1.82) is 0 Å². The maximum Gasteiger partial charge on any atom is 0.326 e. The predicted octanol–water partition coefficient (Wildman–Crippen LogP) is -2.72. The highest BCUT2D eigenvalue weighted by molar-refractivity contribution is 5.86. The maximum atomic E-state index is 12.4. The Labute approximate surface area is 233 Å². The van der Waals surface area contributed by atoms with E-state index in [2.05, 4.69) is 21.3 Å². The first-order valence-electron chi connectivity index (χ1n) is 12.3. The average Bonchev–Trinajstić information content (AvgIpc) is 2.84. The van der Waals surface area contributed by atoms with Crippen molar-refractivity contribution in [3.8, 4) is 0 Å². The van der Waals surface area contributed by atoms with Crippen molar-refractivity contribution in [3.63, 3.8) is 0 Å². The largest absolute Gasteiger partial charge is 0.481 e. The van der Waals surface area contributed by atoms with Crippen LogP contribution >= 0.6 is 0 Å². The van der Waals surface area contributed by atoms with Crippen LogP contribution in [-0.4, -0.2) is 98.0 Å². The minimum Gasteiger partial charge on any atom is -0.481 e. The van der Waals surface area contributed by atoms with Gasteiger partial charge in [-0.1, -0.05) is 0 Å². The Morgan fingerprint density at radius 3 is 1.29 bits per heavy atom. The monoisotopic (exact) mass is 589 g/mol. The summed E-state index contributed by atoms with van der Waals surface area (Å²) in [6.07, 6.45) is -3.43. The molecule has 0 aliphatic carbocycles. The summed E-state index contributed by atoms with van der Waals surface area (Å²) in [6.45, 7) is 1.08. The van der Waals surface area contributed by atoms with E-state index in [1.54, 1.807) is 0 Å². The molecule has 0 aliphatic rings. The van der Waals surface area contributed by atoms with Crippen molar-refractivity contribution < 1.29 is 63.6 Å². The highest BCUT2D eigenvalue weighted by Crippen LogP contribution is 2.07. The number of carboxylic acid groups (broad SMARTS) is 4. The fourth-order valence-electron chi connectivity index (χ4n) is 3.43. The van der Waals surface area contributed by atoms with Crippen molar-refractivity contribution in [2.45, 2.75) is 88.9 Å². The number of rotatable bonds is 21. The molecule has 0 radical (unpaired) electrons. The van der Waals surface area contributed by atoms with Crippen molar-refractivity contribution in [2.24, 2.45) is 5.73 Å². The van der Waals surface area contributed by atoms with Crippen LogP contribution in [0.2, 0.25) is 0 Å². The molecule has 0 aliphatic heterocycles. The molecular formula is C23H35N5O13. The zero-order valence-electron chi connectivity index (χ0n) is 22.2. The van der Waals surface area contributed by atoms with E-state index < -0.39 is 103 Å². The van der Waals surface area contributed by atoms with Gasteiger partial charge >= 0.3 is 23.9 Å². The summed E-state index contributed by atoms with van der Waals surface area (Å²) in [7, 11) is 0. The Hall–Kier alpha value is -4.77. The Balaban J connectivity index is 4.95. The standard InChI is InChI=1S/C23H35N5O13/c1-11(29)25-13(21(36)37)4-9-19(33)28-15(23(40)41)5-8-17(31)26-12(10-20(34)35)2-7-18(32)27-14(22(38)39)3-6-16(24)30/h12-15H,2-10H2,1H3,(H2,24,30)(H,25,29)(H,26,31)(H,27,32)(H,28,33)(H,34,35)(H,36,37)(H,38,39)(H,40,41)/t12-,13-,14-,15-/m0/s1. The van der Waals surface area contributed by atoms with Crippen molar-refractivity contribution >= 4 is 53.4 Å². The summed E-state index contributed by atoms with van der Waals surface area (Å²) < 4.78 is 0. The number of nitrogens with one attached hydrogen (secondary N) is 4. The fourth-order valence-corrected chi connectivity index (χ4v) is 3.43. The highest BCUT2D eigenvalue weighted by atomic mass is 16.4. The van der Waals surface area contributed by atoms with E-state index in [0.29, 0.717) is 0 Å². The van der Waals surface area contributed by atoms with Gasteiger partial charge in [0.2, 0.25) is 29.5 Å². The molecule has 0 aromatic heterocycles. The van der Waals surface area contributed by atoms with Crippen LogP contribution in [0.4, 0.5) is 0 Å². The zero-order chi connectivity index (χ0) is 31.7. The van der Waals surface area contributed by atoms with Crippen LogP contribution in [0.5, 0.6) is 0 Å². The van der Waals surface area contributed by atoms with Crippen molar-refractivity contribution in [1.82, 2.24) is 21.3 Å². The van der Waals surface area contributed by atoms with Gasteiger partial charge in [0.15, 0.2) is 0 Å². The number of hydrogen-bond donors (Lipinski definition) is 9. The molecule has 0 unspecified atom stereocenters. The number of carbonyl (C=O) groups is 9. The van der Waals surface area contributed by atoms with Gasteiger partial charge in [-0.15, -0.1) is 0 Å². The zero-order valence-corrected chi connectivity index (χ0v) is 22.2. The highest BCUT2D eigenvalue weighted by Gasteiger charge is 2.26. The van der Waals surface area contributed by atoms with E-state index >= 15 is 0 Å². The molecule has 0 fully saturated rings. The molecule has 0 aromatic carbocycles. The summed E-state index contributed by atoms with van der Waals surface area (Å²) in [5.74, 6) is -9.46. The van der Waals surface area contributed by atoms with Crippen LogP contribution in [0.15, 0.2) is 0 Å². The molecule has 0 saturated heterocycles. The van der Waals surface area contributed by atoms with Crippen LogP contribution < -0.4 is 27.0 Å². The number of nitrogens with two attached hydrogens (primary N) is 1. The van der Waals surface area contributed by atoms with Gasteiger partial charge < -0.3 is 47.4 Å². The summed E-state index contributed by atoms with van der Waals surface area (Å²) in [5.41, 5.74) is 4.97. The molecule has 0 spiro atoms. The third-order valence-corrected chi connectivity index (χ3v) is 5.45. The van der Waals surface area contributed by atoms with Crippen LogP contribution in [0.1, 0.15) is 64.7 Å². The lowest BCUT2D eigenvalue weighted by Gasteiger charge is -2.19. The van der Waals surface area contributed by atoms with Crippen molar-refractivity contribution in [3.05, 3.63) is 0 Å². The third kappa shape index (κ3) is 17.4. The average molecular weight is 590 g/mol. The molecule has 18 nitrogen and oxygen atoms in total. The molecule has 10 N–H and O–H groups in total. The first-order valence-corrected chi connectivity index (χ1v) is 12.3. The van der Waals surface area contributed by atoms with Gasteiger partial charge in [0, 0.05) is 38.6 Å². The van der Waals surface area contributed by atoms with Gasteiger partial charge in [-0.3, -0.25) is 28.8 Å². The van der Waals surface area contributed by atoms with E-state index in [1.165, 1.54) is 0 Å². The molecular weight excluding hydrogens is 554 g/mol. The minimum absolute atomic E-state index is 0.218. The SMILES string of the molecule is CC(=O)N[C@@H](CCC(=O)N[C@@H](CCC(=O)N[C@@H](CCC(=O)N[C@@H](CCC(N)=O)C(=O)O)CC(=O)O)C(=O)O)C(=O)O. The molecule has 230 valence electrons. The number of carboxylic acids is 4. The normalized spacial score (nSPS) is 13.4. The van der Waals surface area contributed by atoms with Gasteiger partial charge in [-0.25, -0.2) is 14.4 Å². The first-order chi connectivity index (χ1) is 19.0. The molecule has 41 heavy (non-hydrogen) atoms. The summed E-state index contributed by atoms with van der Waals surface area (Å²) >= 11 is 0. The predicted molar refractivity (Wildman–Crippen MR) is 135 cm³/mol. The molecule has 0 bridgehead atoms. The molecule has 0 saturated carbocycles. The smallest absolute Gasteiger partial charge is 0.326 e. The number of amides is 5. The van der Waals surface area contributed by atoms with E-state index in [-0.39, 0.29) is 32.1 Å². The molecule has 0 rings (SSSR count). The molecule has 0 aromatic rings. The van der Waals surface area contributed by atoms with Gasteiger partial charge in [0.05, 0.1) is 6.42 Å². The second-order valence-electron chi connectivity index (χ2n) is 8.99. The Kier molecular flexibility index (Phi) is 16.4. The Bertz CT molecular complexity index is 1020. The van der Waals surface area contributed by atoms with Crippen LogP contribution in [0.3, 0.4) is 0 Å². The lowest BCUT2D eigenvalue weighted by Crippen LogP contribution is -2.44.